The van der Waals surface area contributed by atoms with Gasteiger partial charge in [-0.2, -0.15) is 13.5 Å². The number of halogens is 1. The van der Waals surface area contributed by atoms with Crippen LogP contribution in [0.5, 0.6) is 0 Å². The smallest absolute Gasteiger partial charge is 0.302 e. The van der Waals surface area contributed by atoms with Crippen molar-refractivity contribution in [3.05, 3.63) is 11.4 Å². The first kappa shape index (κ1) is 14.0. The first-order valence-electron chi connectivity index (χ1n) is 5.92. The van der Waals surface area contributed by atoms with E-state index in [-0.39, 0.29) is 18.9 Å². The molecule has 106 valence electrons. The summed E-state index contributed by atoms with van der Waals surface area (Å²) in [4.78, 5) is 13.5. The number of nitrogens with zero attached hydrogens (tertiary/aromatic N) is 3. The molecule has 1 fully saturated rings. The predicted octanol–water partition coefficient (Wildman–Crippen LogP) is 0.689. The Labute approximate surface area is 111 Å². The predicted molar refractivity (Wildman–Crippen MR) is 68.0 cm³/mol. The zero-order valence-electron chi connectivity index (χ0n) is 11.1. The van der Waals surface area contributed by atoms with Crippen molar-refractivity contribution in [1.82, 2.24) is 9.78 Å². The topological polar surface area (TPSA) is 72.3 Å². The fourth-order valence-electron chi connectivity index (χ4n) is 2.54. The van der Waals surface area contributed by atoms with Crippen LogP contribution in [0.15, 0.2) is 0 Å². The largest absolute Gasteiger partial charge is 0.309 e. The number of amides is 1. The van der Waals surface area contributed by atoms with Crippen LogP contribution in [0.3, 0.4) is 0 Å². The Morgan fingerprint density at radius 3 is 2.53 bits per heavy atom. The van der Waals surface area contributed by atoms with E-state index in [1.807, 2.05) is 6.92 Å². The molecule has 1 aliphatic heterocycles. The number of rotatable bonds is 3. The summed E-state index contributed by atoms with van der Waals surface area (Å²) in [7, 11) is -2.78. The van der Waals surface area contributed by atoms with Crippen molar-refractivity contribution in [3.63, 3.8) is 0 Å². The van der Waals surface area contributed by atoms with Crippen LogP contribution in [0.1, 0.15) is 17.8 Å². The molecule has 1 saturated heterocycles. The van der Waals surface area contributed by atoms with Gasteiger partial charge in [0.05, 0.1) is 22.8 Å². The Morgan fingerprint density at radius 1 is 1.42 bits per heavy atom. The Balaban J connectivity index is 2.25. The summed E-state index contributed by atoms with van der Waals surface area (Å²) in [6, 6.07) is 0. The molecule has 1 atom stereocenters. The third-order valence-corrected chi connectivity index (χ3v) is 4.25. The zero-order chi connectivity index (χ0) is 14.4. The van der Waals surface area contributed by atoms with Crippen LogP contribution < -0.4 is 4.90 Å². The molecule has 0 radical (unpaired) electrons. The summed E-state index contributed by atoms with van der Waals surface area (Å²) in [6.45, 7) is 3.84. The molecule has 0 N–H and O–H groups in total. The van der Waals surface area contributed by atoms with Crippen LogP contribution in [-0.2, 0) is 22.1 Å². The second-order valence-electron chi connectivity index (χ2n) is 4.92. The van der Waals surface area contributed by atoms with E-state index in [2.05, 4.69) is 5.10 Å². The summed E-state index contributed by atoms with van der Waals surface area (Å²) >= 11 is 0. The maximum Gasteiger partial charge on any atom is 0.302 e. The molecular formula is C11H16FN3O3S. The van der Waals surface area contributed by atoms with Crippen molar-refractivity contribution < 1.29 is 17.1 Å². The monoisotopic (exact) mass is 289 g/mol. The van der Waals surface area contributed by atoms with Gasteiger partial charge in [-0.1, -0.05) is 0 Å². The second-order valence-corrected chi connectivity index (χ2v) is 6.33. The summed E-state index contributed by atoms with van der Waals surface area (Å²) in [5.74, 6) is -1.29. The maximum atomic E-state index is 12.7. The van der Waals surface area contributed by atoms with E-state index >= 15 is 0 Å². The van der Waals surface area contributed by atoms with Crippen molar-refractivity contribution in [3.8, 4) is 0 Å². The quantitative estimate of drug-likeness (QED) is 0.767. The number of aryl methyl sites for hydroxylation is 2. The normalized spacial score (nSPS) is 20.3. The van der Waals surface area contributed by atoms with Crippen molar-refractivity contribution in [2.24, 2.45) is 13.0 Å². The number of hydrogen-bond acceptors (Lipinski definition) is 4. The number of carbonyl (C=O) groups is 1. The van der Waals surface area contributed by atoms with E-state index in [4.69, 9.17) is 0 Å². The van der Waals surface area contributed by atoms with Crippen molar-refractivity contribution in [2.45, 2.75) is 20.3 Å². The molecule has 0 spiro atoms. The second kappa shape index (κ2) is 4.59. The van der Waals surface area contributed by atoms with E-state index in [1.165, 1.54) is 4.90 Å². The lowest BCUT2D eigenvalue weighted by Gasteiger charge is -2.16. The molecule has 0 aliphatic carbocycles. The van der Waals surface area contributed by atoms with Gasteiger partial charge in [-0.3, -0.25) is 9.48 Å². The molecule has 1 amide bonds. The van der Waals surface area contributed by atoms with E-state index in [1.54, 1.807) is 18.7 Å². The fraction of sp³-hybridized carbons (Fsp3) is 0.636. The molecule has 0 saturated carbocycles. The number of carbonyl (C=O) groups excluding carboxylic acids is 1. The first-order chi connectivity index (χ1) is 8.69. The van der Waals surface area contributed by atoms with Crippen LogP contribution in [-0.4, -0.2) is 36.4 Å². The zero-order valence-corrected chi connectivity index (χ0v) is 11.9. The van der Waals surface area contributed by atoms with Gasteiger partial charge in [-0.15, -0.1) is 3.89 Å². The summed E-state index contributed by atoms with van der Waals surface area (Å²) < 4.78 is 35.7. The van der Waals surface area contributed by atoms with E-state index in [9.17, 15) is 17.1 Å². The van der Waals surface area contributed by atoms with Crippen LogP contribution in [0.4, 0.5) is 9.57 Å². The van der Waals surface area contributed by atoms with E-state index < -0.39 is 21.9 Å². The highest BCUT2D eigenvalue weighted by Gasteiger charge is 2.35. The summed E-state index contributed by atoms with van der Waals surface area (Å²) in [5.41, 5.74) is 2.23. The van der Waals surface area contributed by atoms with Crippen LogP contribution >= 0.6 is 0 Å². The van der Waals surface area contributed by atoms with Gasteiger partial charge < -0.3 is 4.90 Å². The third kappa shape index (κ3) is 2.78. The highest BCUT2D eigenvalue weighted by Crippen LogP contribution is 2.30. The first-order valence-corrected chi connectivity index (χ1v) is 7.47. The molecular weight excluding hydrogens is 273 g/mol. The lowest BCUT2D eigenvalue weighted by atomic mass is 10.1. The van der Waals surface area contributed by atoms with Gasteiger partial charge in [0.2, 0.25) is 5.91 Å². The Morgan fingerprint density at radius 2 is 2.05 bits per heavy atom. The van der Waals surface area contributed by atoms with Gasteiger partial charge in [0.15, 0.2) is 0 Å². The molecule has 0 aromatic carbocycles. The van der Waals surface area contributed by atoms with Crippen LogP contribution in [0, 0.1) is 19.8 Å². The third-order valence-electron chi connectivity index (χ3n) is 3.38. The molecule has 2 heterocycles. The lowest BCUT2D eigenvalue weighted by molar-refractivity contribution is -0.117. The molecule has 1 aromatic rings. The average Bonchev–Trinajstić information content (AvgIpc) is 2.67. The summed E-state index contributed by atoms with van der Waals surface area (Å²) in [6.07, 6.45) is 0.0525. The van der Waals surface area contributed by atoms with E-state index in [0.29, 0.717) is 11.4 Å². The minimum atomic E-state index is -4.55. The van der Waals surface area contributed by atoms with Gasteiger partial charge >= 0.3 is 10.2 Å². The molecule has 0 bridgehead atoms. The van der Waals surface area contributed by atoms with Gasteiger partial charge in [-0.25, -0.2) is 0 Å². The Hall–Kier alpha value is -1.44. The van der Waals surface area contributed by atoms with Crippen LogP contribution in [0.2, 0.25) is 0 Å². The number of anilines is 1. The van der Waals surface area contributed by atoms with Crippen molar-refractivity contribution in [1.29, 1.82) is 0 Å². The molecule has 8 heteroatoms. The average molecular weight is 289 g/mol. The highest BCUT2D eigenvalue weighted by molar-refractivity contribution is 7.86. The summed E-state index contributed by atoms with van der Waals surface area (Å²) in [5, 5.41) is 4.22. The molecule has 1 aliphatic rings. The lowest BCUT2D eigenvalue weighted by Crippen LogP contribution is -2.26. The SMILES string of the molecule is Cc1nn(C)c(C)c1N1CC(CS(=O)(=O)F)CC1=O. The minimum absolute atomic E-state index is 0.0525. The molecule has 2 rings (SSSR count). The van der Waals surface area contributed by atoms with Gasteiger partial charge in [0.1, 0.15) is 0 Å². The van der Waals surface area contributed by atoms with Gasteiger partial charge in [-0.05, 0) is 13.8 Å². The Bertz CT molecular complexity index is 623. The molecule has 6 nitrogen and oxygen atoms in total. The minimum Gasteiger partial charge on any atom is -0.309 e. The number of aromatic nitrogens is 2. The molecule has 1 aromatic heterocycles. The van der Waals surface area contributed by atoms with E-state index in [0.717, 1.165) is 5.69 Å². The fourth-order valence-corrected chi connectivity index (χ4v) is 3.33. The maximum absolute atomic E-state index is 12.7. The van der Waals surface area contributed by atoms with Crippen molar-refractivity contribution in [2.75, 3.05) is 17.2 Å². The van der Waals surface area contributed by atoms with Crippen LogP contribution in [0.25, 0.3) is 0 Å². The Kier molecular flexibility index (Phi) is 3.38. The molecule has 1 unspecified atom stereocenters. The standard InChI is InChI=1S/C11H16FN3O3S/c1-7-11(8(2)14(3)13-7)15-5-9(4-10(15)16)6-19(12,17)18/h9H,4-6H2,1-3H3. The van der Waals surface area contributed by atoms with Crippen molar-refractivity contribution >= 4 is 21.8 Å². The number of hydrogen-bond donors (Lipinski definition) is 0. The molecule has 19 heavy (non-hydrogen) atoms. The van der Waals surface area contributed by atoms with Gasteiger partial charge in [0, 0.05) is 25.9 Å². The van der Waals surface area contributed by atoms with Gasteiger partial charge in [0.25, 0.3) is 0 Å². The highest BCUT2D eigenvalue weighted by atomic mass is 32.3.